The minimum absolute atomic E-state index is 0.0871. The van der Waals surface area contributed by atoms with Gasteiger partial charge in [0.15, 0.2) is 0 Å². The molecule has 34 heavy (non-hydrogen) atoms. The number of aliphatic hydroxyl groups excluding tert-OH is 1. The SMILES string of the molecule is Cc1cn([C@H]2C[C@H](OC(=O)c3ccccc3)[C@@H](CO[P+](=O)OCCCCCO)O2)c(=O)[nH]c1=O. The summed E-state index contributed by atoms with van der Waals surface area (Å²) in [6.45, 7) is 1.65. The number of ether oxygens (including phenoxy) is 2. The lowest BCUT2D eigenvalue weighted by Gasteiger charge is -2.16. The molecule has 3 rings (SSSR count). The van der Waals surface area contributed by atoms with Gasteiger partial charge in [0.1, 0.15) is 31.6 Å². The summed E-state index contributed by atoms with van der Waals surface area (Å²) in [6.07, 6.45) is 1.03. The number of aliphatic hydroxyl groups is 1. The molecule has 1 saturated heterocycles. The number of hydrogen-bond donors (Lipinski definition) is 2. The molecule has 0 bridgehead atoms. The molecule has 11 nitrogen and oxygen atoms in total. The average Bonchev–Trinajstić information content (AvgIpc) is 3.22. The van der Waals surface area contributed by atoms with Gasteiger partial charge in [-0.2, -0.15) is 0 Å². The zero-order valence-electron chi connectivity index (χ0n) is 18.8. The summed E-state index contributed by atoms with van der Waals surface area (Å²) < 4.78 is 35.2. The van der Waals surface area contributed by atoms with Gasteiger partial charge in [-0.1, -0.05) is 18.2 Å². The highest BCUT2D eigenvalue weighted by Gasteiger charge is 2.41. The van der Waals surface area contributed by atoms with Crippen LogP contribution in [0.4, 0.5) is 0 Å². The molecule has 4 atom stereocenters. The van der Waals surface area contributed by atoms with E-state index in [1.54, 1.807) is 37.3 Å². The van der Waals surface area contributed by atoms with E-state index >= 15 is 0 Å². The summed E-state index contributed by atoms with van der Waals surface area (Å²) in [5.74, 6) is -0.575. The number of benzene rings is 1. The minimum atomic E-state index is -2.43. The molecule has 1 aliphatic rings. The topological polar surface area (TPSA) is 146 Å². The number of unbranched alkanes of at least 4 members (excludes halogenated alkanes) is 2. The Bertz CT molecular complexity index is 1090. The van der Waals surface area contributed by atoms with Crippen LogP contribution in [0.25, 0.3) is 0 Å². The van der Waals surface area contributed by atoms with E-state index in [0.29, 0.717) is 24.0 Å². The molecule has 0 amide bonds. The number of aromatic amines is 1. The van der Waals surface area contributed by atoms with E-state index < -0.39 is 43.9 Å². The molecule has 1 aromatic carbocycles. The standard InChI is InChI=1S/C22H27N2O9P/c1-15-13-24(22(28)23-20(15)26)19-12-17(33-21(27)16-8-4-2-5-9-16)18(32-19)14-31-34(29)30-11-7-3-6-10-25/h2,4-5,8-9,13,17-19,25H,3,6-7,10-12,14H2,1H3/p+1/t17-,18+,19+/m0/s1. The van der Waals surface area contributed by atoms with Crippen molar-refractivity contribution in [2.24, 2.45) is 0 Å². The molecule has 2 aromatic rings. The zero-order chi connectivity index (χ0) is 24.5. The van der Waals surface area contributed by atoms with Crippen LogP contribution in [0.2, 0.25) is 0 Å². The quantitative estimate of drug-likeness (QED) is 0.257. The molecule has 0 radical (unpaired) electrons. The van der Waals surface area contributed by atoms with Crippen molar-refractivity contribution < 1.29 is 33.0 Å². The van der Waals surface area contributed by atoms with Crippen molar-refractivity contribution in [2.45, 2.75) is 51.0 Å². The molecule has 1 aliphatic heterocycles. The Labute approximate surface area is 196 Å². The predicted octanol–water partition coefficient (Wildman–Crippen LogP) is 2.21. The lowest BCUT2D eigenvalue weighted by atomic mass is 10.1. The highest BCUT2D eigenvalue weighted by molar-refractivity contribution is 7.33. The molecule has 1 aromatic heterocycles. The van der Waals surface area contributed by atoms with Gasteiger partial charge >= 0.3 is 19.9 Å². The van der Waals surface area contributed by atoms with Gasteiger partial charge in [-0.25, -0.2) is 9.59 Å². The van der Waals surface area contributed by atoms with E-state index in [-0.39, 0.29) is 26.2 Å². The second-order valence-corrected chi connectivity index (χ2v) is 8.75. The van der Waals surface area contributed by atoms with Crippen molar-refractivity contribution in [1.82, 2.24) is 9.55 Å². The largest absolute Gasteiger partial charge is 0.697 e. The molecule has 1 fully saturated rings. The van der Waals surface area contributed by atoms with E-state index in [9.17, 15) is 18.9 Å². The summed E-state index contributed by atoms with van der Waals surface area (Å²) in [5, 5.41) is 8.78. The fraction of sp³-hybridized carbons (Fsp3) is 0.500. The number of rotatable bonds is 12. The van der Waals surface area contributed by atoms with Crippen molar-refractivity contribution in [3.05, 3.63) is 68.5 Å². The third kappa shape index (κ3) is 7.15. The van der Waals surface area contributed by atoms with Gasteiger partial charge in [0.2, 0.25) is 0 Å². The third-order valence-corrected chi connectivity index (χ3v) is 6.00. The molecule has 2 heterocycles. The number of aromatic nitrogens is 2. The second-order valence-electron chi connectivity index (χ2n) is 7.79. The summed E-state index contributed by atoms with van der Waals surface area (Å²) in [5.41, 5.74) is -0.495. The number of carbonyl (C=O) groups excluding carboxylic acids is 1. The van der Waals surface area contributed by atoms with Crippen LogP contribution < -0.4 is 11.2 Å². The van der Waals surface area contributed by atoms with Crippen LogP contribution in [0.5, 0.6) is 0 Å². The van der Waals surface area contributed by atoms with Gasteiger partial charge in [0.25, 0.3) is 5.56 Å². The van der Waals surface area contributed by atoms with Crippen LogP contribution in [0, 0.1) is 6.92 Å². The summed E-state index contributed by atoms with van der Waals surface area (Å²) in [6, 6.07) is 8.40. The molecule has 2 N–H and O–H groups in total. The summed E-state index contributed by atoms with van der Waals surface area (Å²) in [7, 11) is -2.43. The Balaban J connectivity index is 1.67. The van der Waals surface area contributed by atoms with E-state index in [0.717, 1.165) is 6.42 Å². The average molecular weight is 495 g/mol. The smallest absolute Gasteiger partial charge is 0.456 e. The Morgan fingerprint density at radius 3 is 2.71 bits per heavy atom. The van der Waals surface area contributed by atoms with Gasteiger partial charge in [-0.05, 0) is 38.3 Å². The second kappa shape index (κ2) is 12.7. The van der Waals surface area contributed by atoms with E-state index in [2.05, 4.69) is 4.98 Å². The highest BCUT2D eigenvalue weighted by atomic mass is 31.1. The fourth-order valence-corrected chi connectivity index (χ4v) is 4.05. The highest BCUT2D eigenvalue weighted by Crippen LogP contribution is 2.33. The Kier molecular flexibility index (Phi) is 9.67. The number of hydrogen-bond acceptors (Lipinski definition) is 9. The molecule has 184 valence electrons. The number of nitrogens with one attached hydrogen (secondary N) is 1. The van der Waals surface area contributed by atoms with Gasteiger partial charge < -0.3 is 14.6 Å². The van der Waals surface area contributed by atoms with Crippen molar-refractivity contribution in [1.29, 1.82) is 0 Å². The number of esters is 1. The first-order valence-electron chi connectivity index (χ1n) is 11.0. The van der Waals surface area contributed by atoms with Crippen LogP contribution in [-0.4, -0.2) is 52.7 Å². The minimum Gasteiger partial charge on any atom is -0.456 e. The van der Waals surface area contributed by atoms with Gasteiger partial charge in [0.05, 0.1) is 5.56 Å². The number of H-pyrrole nitrogens is 1. The number of aryl methyl sites for hydroxylation is 1. The number of carbonyl (C=O) groups is 1. The summed E-state index contributed by atoms with van der Waals surface area (Å²) >= 11 is 0. The van der Waals surface area contributed by atoms with E-state index in [1.807, 2.05) is 0 Å². The van der Waals surface area contributed by atoms with E-state index in [4.69, 9.17) is 23.6 Å². The van der Waals surface area contributed by atoms with E-state index in [1.165, 1.54) is 10.8 Å². The maximum absolute atomic E-state index is 12.6. The van der Waals surface area contributed by atoms with Gasteiger partial charge in [-0.15, -0.1) is 9.05 Å². The zero-order valence-corrected chi connectivity index (χ0v) is 19.6. The molecule has 0 spiro atoms. The summed E-state index contributed by atoms with van der Waals surface area (Å²) in [4.78, 5) is 38.8. The lowest BCUT2D eigenvalue weighted by molar-refractivity contribution is -0.0486. The molecule has 1 unspecified atom stereocenters. The van der Waals surface area contributed by atoms with Crippen molar-refractivity contribution in [3.8, 4) is 0 Å². The molecule has 0 saturated carbocycles. The van der Waals surface area contributed by atoms with Crippen molar-refractivity contribution in [2.75, 3.05) is 19.8 Å². The first-order valence-corrected chi connectivity index (χ1v) is 12.1. The van der Waals surface area contributed by atoms with Gasteiger partial charge in [-0.3, -0.25) is 14.3 Å². The van der Waals surface area contributed by atoms with Crippen LogP contribution >= 0.6 is 8.25 Å². The molecule has 0 aliphatic carbocycles. The molecule has 12 heteroatoms. The maximum atomic E-state index is 12.6. The monoisotopic (exact) mass is 495 g/mol. The van der Waals surface area contributed by atoms with Crippen molar-refractivity contribution in [3.63, 3.8) is 0 Å². The first-order chi connectivity index (χ1) is 16.4. The molecular weight excluding hydrogens is 467 g/mol. The van der Waals surface area contributed by atoms with Crippen LogP contribution in [0.3, 0.4) is 0 Å². The van der Waals surface area contributed by atoms with Crippen LogP contribution in [0.1, 0.15) is 47.8 Å². The maximum Gasteiger partial charge on any atom is 0.697 e. The number of nitrogens with zero attached hydrogens (tertiary/aromatic N) is 1. The molecular formula is C22H28N2O9P+. The Morgan fingerprint density at radius 2 is 1.97 bits per heavy atom. The van der Waals surface area contributed by atoms with Gasteiger partial charge in [0, 0.05) is 29.4 Å². The Morgan fingerprint density at radius 1 is 1.21 bits per heavy atom. The van der Waals surface area contributed by atoms with Crippen molar-refractivity contribution >= 4 is 14.2 Å². The Hall–Kier alpha value is -2.69. The first kappa shape index (κ1) is 25.9. The lowest BCUT2D eigenvalue weighted by Crippen LogP contribution is -2.33. The predicted molar refractivity (Wildman–Crippen MR) is 121 cm³/mol. The van der Waals surface area contributed by atoms with Crippen LogP contribution in [0.15, 0.2) is 46.1 Å². The normalized spacial score (nSPS) is 20.3. The third-order valence-electron chi connectivity index (χ3n) is 5.25. The van der Waals surface area contributed by atoms with Crippen LogP contribution in [-0.2, 0) is 23.1 Å². The fourth-order valence-electron chi connectivity index (χ4n) is 3.43.